The molecule has 0 bridgehead atoms. The number of halogens is 2. The number of aromatic nitrogens is 4. The van der Waals surface area contributed by atoms with Crippen LogP contribution < -0.4 is 20.7 Å². The number of rotatable bonds is 5. The van der Waals surface area contributed by atoms with E-state index in [0.717, 1.165) is 10.1 Å². The lowest BCUT2D eigenvalue weighted by Crippen LogP contribution is -2.37. The Morgan fingerprint density at radius 1 is 0.935 bits per heavy atom. The Balaban J connectivity index is 1.90. The summed E-state index contributed by atoms with van der Waals surface area (Å²) in [6.07, 6.45) is 0. The van der Waals surface area contributed by atoms with Crippen molar-refractivity contribution in [1.29, 1.82) is 0 Å². The molecule has 0 spiro atoms. The molecule has 2 heterocycles. The molecular weight excluding hydrogens is 443 g/mol. The Bertz CT molecular complexity index is 1400. The number of benzene rings is 2. The monoisotopic (exact) mass is 460 g/mol. The summed E-state index contributed by atoms with van der Waals surface area (Å²) in [6, 6.07) is 12.3. The lowest BCUT2D eigenvalue weighted by Gasteiger charge is -2.11. The van der Waals surface area contributed by atoms with E-state index in [9.17, 15) is 9.59 Å². The van der Waals surface area contributed by atoms with E-state index in [1.165, 1.54) is 11.6 Å². The van der Waals surface area contributed by atoms with Gasteiger partial charge in [-0.3, -0.25) is 18.5 Å². The first kappa shape index (κ1) is 21.0. The third kappa shape index (κ3) is 3.80. The predicted octanol–water partition coefficient (Wildman–Crippen LogP) is 3.59. The van der Waals surface area contributed by atoms with Crippen LogP contribution in [0.1, 0.15) is 5.56 Å². The van der Waals surface area contributed by atoms with Gasteiger partial charge in [-0.15, -0.1) is 0 Å². The van der Waals surface area contributed by atoms with Crippen LogP contribution >= 0.6 is 23.2 Å². The van der Waals surface area contributed by atoms with Crippen molar-refractivity contribution in [3.8, 4) is 17.5 Å². The van der Waals surface area contributed by atoms with Gasteiger partial charge in [-0.1, -0.05) is 29.3 Å². The summed E-state index contributed by atoms with van der Waals surface area (Å²) in [4.78, 5) is 29.8. The van der Waals surface area contributed by atoms with Gasteiger partial charge in [-0.2, -0.15) is 4.98 Å². The highest BCUT2D eigenvalue weighted by molar-refractivity contribution is 6.42. The molecule has 8 nitrogen and oxygen atoms in total. The fourth-order valence-electron chi connectivity index (χ4n) is 3.22. The van der Waals surface area contributed by atoms with E-state index in [2.05, 4.69) is 4.98 Å². The summed E-state index contributed by atoms with van der Waals surface area (Å²) in [5.41, 5.74) is 0.281. The minimum absolute atomic E-state index is 0.157. The molecule has 2 aromatic carbocycles. The number of hydrogen-bond donors (Lipinski definition) is 0. The summed E-state index contributed by atoms with van der Waals surface area (Å²) < 4.78 is 15.1. The van der Waals surface area contributed by atoms with Crippen molar-refractivity contribution in [2.45, 2.75) is 6.54 Å². The zero-order valence-electron chi connectivity index (χ0n) is 16.9. The van der Waals surface area contributed by atoms with E-state index in [4.69, 9.17) is 32.7 Å². The Kier molecular flexibility index (Phi) is 5.51. The Hall–Kier alpha value is -3.23. The van der Waals surface area contributed by atoms with E-state index in [1.54, 1.807) is 61.2 Å². The first-order valence-electron chi connectivity index (χ1n) is 9.22. The van der Waals surface area contributed by atoms with Crippen LogP contribution in [0.4, 0.5) is 0 Å². The maximum absolute atomic E-state index is 13.0. The summed E-state index contributed by atoms with van der Waals surface area (Å²) >= 11 is 12.2. The topological polar surface area (TPSA) is 80.3 Å². The molecule has 0 amide bonds. The largest absolute Gasteiger partial charge is 0.497 e. The Morgan fingerprint density at radius 2 is 1.61 bits per heavy atom. The van der Waals surface area contributed by atoms with Gasteiger partial charge in [0, 0.05) is 14.1 Å². The SMILES string of the molecule is COc1ccc(Oc2nc3c(c(=O)n(C)c(=O)n3C)n2Cc2ccc(Cl)c(Cl)c2)cc1. The standard InChI is InChI=1S/C21H18Cl2N4O4/c1-25-18-17(19(28)26(2)21(25)29)27(11-12-4-9-15(22)16(23)10-12)20(24-18)31-14-7-5-13(30-3)6-8-14/h4-10H,11H2,1-3H3. The number of hydrogen-bond acceptors (Lipinski definition) is 5. The highest BCUT2D eigenvalue weighted by Crippen LogP contribution is 2.28. The van der Waals surface area contributed by atoms with Crippen molar-refractivity contribution in [2.24, 2.45) is 14.1 Å². The highest BCUT2D eigenvalue weighted by Gasteiger charge is 2.21. The van der Waals surface area contributed by atoms with E-state index in [-0.39, 0.29) is 23.7 Å². The molecule has 0 N–H and O–H groups in total. The van der Waals surface area contributed by atoms with Crippen LogP contribution in [0.5, 0.6) is 17.5 Å². The zero-order valence-corrected chi connectivity index (χ0v) is 18.4. The van der Waals surface area contributed by atoms with Crippen molar-refractivity contribution in [3.63, 3.8) is 0 Å². The van der Waals surface area contributed by atoms with Crippen LogP contribution in [0.15, 0.2) is 52.1 Å². The highest BCUT2D eigenvalue weighted by atomic mass is 35.5. The van der Waals surface area contributed by atoms with Crippen molar-refractivity contribution >= 4 is 34.4 Å². The van der Waals surface area contributed by atoms with E-state index in [0.29, 0.717) is 21.5 Å². The molecule has 0 aliphatic heterocycles. The minimum atomic E-state index is -0.479. The van der Waals surface area contributed by atoms with Gasteiger partial charge in [-0.25, -0.2) is 4.79 Å². The van der Waals surface area contributed by atoms with Gasteiger partial charge in [0.05, 0.1) is 23.7 Å². The number of nitrogens with zero attached hydrogens (tertiary/aromatic N) is 4. The van der Waals surface area contributed by atoms with E-state index < -0.39 is 11.2 Å². The van der Waals surface area contributed by atoms with Crippen LogP contribution in [-0.4, -0.2) is 25.8 Å². The molecule has 0 saturated heterocycles. The molecule has 0 radical (unpaired) electrons. The van der Waals surface area contributed by atoms with Gasteiger partial charge < -0.3 is 9.47 Å². The van der Waals surface area contributed by atoms with Gasteiger partial charge in [0.25, 0.3) is 5.56 Å². The van der Waals surface area contributed by atoms with Gasteiger partial charge >= 0.3 is 11.7 Å². The van der Waals surface area contributed by atoms with Crippen molar-refractivity contribution in [2.75, 3.05) is 7.11 Å². The maximum Gasteiger partial charge on any atom is 0.332 e. The molecule has 4 aromatic rings. The van der Waals surface area contributed by atoms with Gasteiger partial charge in [0.1, 0.15) is 11.5 Å². The molecule has 4 rings (SSSR count). The number of methoxy groups -OCH3 is 1. The Morgan fingerprint density at radius 3 is 2.26 bits per heavy atom. The van der Waals surface area contributed by atoms with Crippen LogP contribution in [-0.2, 0) is 20.6 Å². The molecule has 0 saturated carbocycles. The fourth-order valence-corrected chi connectivity index (χ4v) is 3.54. The normalized spacial score (nSPS) is 11.1. The molecule has 31 heavy (non-hydrogen) atoms. The molecule has 0 aliphatic carbocycles. The lowest BCUT2D eigenvalue weighted by atomic mass is 10.2. The molecule has 0 aliphatic rings. The smallest absolute Gasteiger partial charge is 0.332 e. The van der Waals surface area contributed by atoms with E-state index in [1.807, 2.05) is 0 Å². The molecule has 0 atom stereocenters. The van der Waals surface area contributed by atoms with E-state index >= 15 is 0 Å². The number of fused-ring (bicyclic) bond motifs is 1. The maximum atomic E-state index is 13.0. The lowest BCUT2D eigenvalue weighted by molar-refractivity contribution is 0.406. The molecular formula is C21H18Cl2N4O4. The van der Waals surface area contributed by atoms with Crippen LogP contribution in [0.25, 0.3) is 11.2 Å². The third-order valence-electron chi connectivity index (χ3n) is 4.91. The van der Waals surface area contributed by atoms with Gasteiger partial charge in [-0.05, 0) is 42.0 Å². The summed E-state index contributed by atoms with van der Waals surface area (Å²) in [7, 11) is 4.55. The average molecular weight is 461 g/mol. The number of imidazole rings is 1. The molecule has 0 unspecified atom stereocenters. The van der Waals surface area contributed by atoms with Crippen LogP contribution in [0.3, 0.4) is 0 Å². The number of ether oxygens (including phenoxy) is 2. The van der Waals surface area contributed by atoms with Crippen LogP contribution in [0.2, 0.25) is 10.0 Å². The second kappa shape index (κ2) is 8.13. The number of aryl methyl sites for hydroxylation is 1. The Labute approximate surface area is 186 Å². The summed E-state index contributed by atoms with van der Waals surface area (Å²) in [5.74, 6) is 1.17. The van der Waals surface area contributed by atoms with Crippen LogP contribution in [0, 0.1) is 0 Å². The quantitative estimate of drug-likeness (QED) is 0.454. The average Bonchev–Trinajstić information content (AvgIpc) is 3.11. The van der Waals surface area contributed by atoms with Crippen molar-refractivity contribution < 1.29 is 9.47 Å². The zero-order chi connectivity index (χ0) is 22.3. The molecule has 160 valence electrons. The van der Waals surface area contributed by atoms with Crippen molar-refractivity contribution in [3.05, 3.63) is 78.9 Å². The molecule has 10 heteroatoms. The molecule has 0 fully saturated rings. The fraction of sp³-hybridized carbons (Fsp3) is 0.190. The predicted molar refractivity (Wildman–Crippen MR) is 119 cm³/mol. The third-order valence-corrected chi connectivity index (χ3v) is 5.65. The summed E-state index contributed by atoms with van der Waals surface area (Å²) in [6.45, 7) is 0.228. The summed E-state index contributed by atoms with van der Waals surface area (Å²) in [5, 5.41) is 0.815. The van der Waals surface area contributed by atoms with Crippen molar-refractivity contribution in [1.82, 2.24) is 18.7 Å². The first-order chi connectivity index (χ1) is 14.8. The molecule has 2 aromatic heterocycles. The first-order valence-corrected chi connectivity index (χ1v) is 9.98. The second-order valence-corrected chi connectivity index (χ2v) is 7.70. The van der Waals surface area contributed by atoms with Gasteiger partial charge in [0.2, 0.25) is 0 Å². The minimum Gasteiger partial charge on any atom is -0.497 e. The second-order valence-electron chi connectivity index (χ2n) is 6.88. The van der Waals surface area contributed by atoms with Gasteiger partial charge in [0.15, 0.2) is 11.2 Å².